The van der Waals surface area contributed by atoms with Crippen molar-refractivity contribution in [3.63, 3.8) is 0 Å². The number of para-hydroxylation sites is 1. The van der Waals surface area contributed by atoms with Crippen LogP contribution in [0.3, 0.4) is 0 Å². The van der Waals surface area contributed by atoms with Crippen molar-refractivity contribution in [1.82, 2.24) is 10.3 Å². The van der Waals surface area contributed by atoms with Crippen molar-refractivity contribution in [2.45, 2.75) is 51.9 Å². The summed E-state index contributed by atoms with van der Waals surface area (Å²) in [5.41, 5.74) is 3.06. The molecule has 0 radical (unpaired) electrons. The number of aliphatic hydroxyl groups is 2. The first kappa shape index (κ1) is 23.4. The summed E-state index contributed by atoms with van der Waals surface area (Å²) in [6, 6.07) is 12.7. The molecule has 1 aromatic heterocycles. The summed E-state index contributed by atoms with van der Waals surface area (Å²) in [4.78, 5) is 16.4. The molecule has 0 saturated heterocycles. The van der Waals surface area contributed by atoms with Gasteiger partial charge in [0.1, 0.15) is 5.75 Å². The van der Waals surface area contributed by atoms with Gasteiger partial charge in [0.15, 0.2) is 0 Å². The molecule has 0 fully saturated rings. The van der Waals surface area contributed by atoms with Gasteiger partial charge in [-0.1, -0.05) is 30.0 Å². The molecule has 6 heteroatoms. The van der Waals surface area contributed by atoms with Crippen LogP contribution >= 0.6 is 0 Å². The number of hydrogen-bond donors (Lipinski definition) is 4. The lowest BCUT2D eigenvalue weighted by Gasteiger charge is -2.19. The van der Waals surface area contributed by atoms with E-state index in [1.54, 1.807) is 25.1 Å². The molecular formula is C26H30N2O4. The summed E-state index contributed by atoms with van der Waals surface area (Å²) in [7, 11) is 0. The molecule has 0 aliphatic carbocycles. The Morgan fingerprint density at radius 1 is 1.19 bits per heavy atom. The topological polar surface area (TPSA) is 94.6 Å². The van der Waals surface area contributed by atoms with Crippen molar-refractivity contribution in [2.75, 3.05) is 6.61 Å². The van der Waals surface area contributed by atoms with Crippen LogP contribution in [0.4, 0.5) is 0 Å². The number of benzene rings is 2. The molecule has 32 heavy (non-hydrogen) atoms. The minimum atomic E-state index is -0.511. The highest BCUT2D eigenvalue weighted by Gasteiger charge is 2.19. The van der Waals surface area contributed by atoms with E-state index in [1.165, 1.54) is 0 Å². The molecule has 1 amide bonds. The van der Waals surface area contributed by atoms with Gasteiger partial charge in [-0.15, -0.1) is 0 Å². The number of H-pyrrole nitrogens is 1. The molecule has 1 heterocycles. The Hall–Kier alpha value is -3.27. The van der Waals surface area contributed by atoms with Crippen molar-refractivity contribution in [3.8, 4) is 17.6 Å². The summed E-state index contributed by atoms with van der Waals surface area (Å²) in [6.45, 7) is 5.27. The number of ether oxygens (including phenoxy) is 1. The lowest BCUT2D eigenvalue weighted by molar-refractivity contribution is 0.0910. The number of rotatable bonds is 8. The molecule has 4 N–H and O–H groups in total. The molecule has 0 aliphatic rings. The molecule has 2 unspecified atom stereocenters. The van der Waals surface area contributed by atoms with Gasteiger partial charge in [0.05, 0.1) is 30.4 Å². The number of carbonyl (C=O) groups excluding carboxylic acids is 1. The molecule has 0 bridgehead atoms. The Kier molecular flexibility index (Phi) is 7.93. The summed E-state index contributed by atoms with van der Waals surface area (Å²) < 4.78 is 5.83. The molecule has 0 saturated carbocycles. The zero-order chi connectivity index (χ0) is 23.1. The fourth-order valence-electron chi connectivity index (χ4n) is 3.43. The summed E-state index contributed by atoms with van der Waals surface area (Å²) in [5, 5.41) is 23.3. The van der Waals surface area contributed by atoms with Gasteiger partial charge in [0, 0.05) is 29.1 Å². The second kappa shape index (κ2) is 10.9. The molecule has 2 aromatic carbocycles. The van der Waals surface area contributed by atoms with Gasteiger partial charge in [0.25, 0.3) is 5.91 Å². The molecule has 2 atom stereocenters. The first-order chi connectivity index (χ1) is 15.4. The number of aliphatic hydroxyl groups excluding tert-OH is 2. The third-order valence-electron chi connectivity index (χ3n) is 4.91. The second-order valence-electron chi connectivity index (χ2n) is 8.15. The predicted octanol–water partition coefficient (Wildman–Crippen LogP) is 3.41. The Bertz CT molecular complexity index is 1120. The highest BCUT2D eigenvalue weighted by Crippen LogP contribution is 2.23. The zero-order valence-electron chi connectivity index (χ0n) is 18.7. The Balaban J connectivity index is 1.81. The van der Waals surface area contributed by atoms with Crippen molar-refractivity contribution < 1.29 is 19.7 Å². The van der Waals surface area contributed by atoms with Crippen LogP contribution in [-0.4, -0.2) is 46.0 Å². The number of aromatic nitrogens is 1. The maximum atomic E-state index is 13.1. The summed E-state index contributed by atoms with van der Waals surface area (Å²) in [6.07, 6.45) is 2.13. The number of carbonyl (C=O) groups is 1. The normalized spacial score (nSPS) is 12.8. The largest absolute Gasteiger partial charge is 0.490 e. The van der Waals surface area contributed by atoms with E-state index in [2.05, 4.69) is 22.1 Å². The molecule has 0 spiro atoms. The fraction of sp³-hybridized carbons (Fsp3) is 0.346. The van der Waals surface area contributed by atoms with E-state index in [9.17, 15) is 15.0 Å². The molecule has 3 rings (SSSR count). The average Bonchev–Trinajstić information content (AvgIpc) is 3.16. The van der Waals surface area contributed by atoms with E-state index < -0.39 is 12.1 Å². The second-order valence-corrected chi connectivity index (χ2v) is 8.15. The van der Waals surface area contributed by atoms with Crippen LogP contribution in [0.1, 0.15) is 48.7 Å². The monoisotopic (exact) mass is 434 g/mol. The zero-order valence-corrected chi connectivity index (χ0v) is 18.7. The number of hydrogen-bond acceptors (Lipinski definition) is 4. The van der Waals surface area contributed by atoms with E-state index in [0.717, 1.165) is 16.5 Å². The van der Waals surface area contributed by atoms with Crippen LogP contribution in [0.25, 0.3) is 10.9 Å². The van der Waals surface area contributed by atoms with E-state index >= 15 is 0 Å². The van der Waals surface area contributed by atoms with Crippen LogP contribution in [0.2, 0.25) is 0 Å². The summed E-state index contributed by atoms with van der Waals surface area (Å²) in [5.74, 6) is 6.01. The minimum absolute atomic E-state index is 0.103. The van der Waals surface area contributed by atoms with Gasteiger partial charge >= 0.3 is 0 Å². The van der Waals surface area contributed by atoms with Crippen molar-refractivity contribution in [1.29, 1.82) is 0 Å². The quantitative estimate of drug-likeness (QED) is 0.409. The summed E-state index contributed by atoms with van der Waals surface area (Å²) >= 11 is 0. The van der Waals surface area contributed by atoms with Gasteiger partial charge in [-0.25, -0.2) is 0 Å². The molecule has 6 nitrogen and oxygen atoms in total. The van der Waals surface area contributed by atoms with Gasteiger partial charge in [-0.05, 0) is 57.0 Å². The highest BCUT2D eigenvalue weighted by molar-refractivity contribution is 5.97. The molecular weight excluding hydrogens is 404 g/mol. The third kappa shape index (κ3) is 6.13. The Morgan fingerprint density at radius 3 is 2.69 bits per heavy atom. The first-order valence-corrected chi connectivity index (χ1v) is 10.8. The number of amides is 1. The fourth-order valence-corrected chi connectivity index (χ4v) is 3.43. The van der Waals surface area contributed by atoms with Gasteiger partial charge in [-0.2, -0.15) is 0 Å². The SMILES string of the molecule is CC(O)CC#Cc1ccc(OC(C)C)c(C(=O)NC(CO)Cc2c[nH]c3ccccc23)c1. The number of aromatic amines is 1. The van der Waals surface area contributed by atoms with Crippen LogP contribution in [0.5, 0.6) is 5.75 Å². The van der Waals surface area contributed by atoms with Crippen LogP contribution in [-0.2, 0) is 6.42 Å². The van der Waals surface area contributed by atoms with Crippen molar-refractivity contribution >= 4 is 16.8 Å². The van der Waals surface area contributed by atoms with E-state index in [4.69, 9.17) is 4.74 Å². The Labute approximate surface area is 188 Å². The van der Waals surface area contributed by atoms with E-state index in [-0.39, 0.29) is 18.6 Å². The average molecular weight is 435 g/mol. The predicted molar refractivity (Wildman–Crippen MR) is 126 cm³/mol. The van der Waals surface area contributed by atoms with E-state index in [0.29, 0.717) is 29.7 Å². The third-order valence-corrected chi connectivity index (χ3v) is 4.91. The standard InChI is InChI=1S/C26H30N2O4/c1-17(2)32-25-12-11-19(8-6-7-18(3)30)13-23(25)26(31)28-21(16-29)14-20-15-27-24-10-5-4-9-22(20)24/h4-5,9-13,15,17-18,21,27,29-30H,7,14,16H2,1-3H3,(H,28,31). The first-order valence-electron chi connectivity index (χ1n) is 10.8. The van der Waals surface area contributed by atoms with Crippen molar-refractivity contribution in [3.05, 3.63) is 65.4 Å². The van der Waals surface area contributed by atoms with Gasteiger partial charge < -0.3 is 25.3 Å². The molecule has 0 aliphatic heterocycles. The maximum absolute atomic E-state index is 13.1. The van der Waals surface area contributed by atoms with Gasteiger partial charge in [-0.3, -0.25) is 4.79 Å². The smallest absolute Gasteiger partial charge is 0.255 e. The lowest BCUT2D eigenvalue weighted by Crippen LogP contribution is -2.39. The number of nitrogens with one attached hydrogen (secondary N) is 2. The van der Waals surface area contributed by atoms with Crippen LogP contribution in [0, 0.1) is 11.8 Å². The molecule has 3 aromatic rings. The van der Waals surface area contributed by atoms with Crippen LogP contribution < -0.4 is 10.1 Å². The number of fused-ring (bicyclic) bond motifs is 1. The van der Waals surface area contributed by atoms with Crippen molar-refractivity contribution in [2.24, 2.45) is 0 Å². The van der Waals surface area contributed by atoms with E-state index in [1.807, 2.05) is 44.3 Å². The molecule has 168 valence electrons. The van der Waals surface area contributed by atoms with Crippen LogP contribution in [0.15, 0.2) is 48.7 Å². The van der Waals surface area contributed by atoms with Gasteiger partial charge in [0.2, 0.25) is 0 Å². The Morgan fingerprint density at radius 2 is 1.97 bits per heavy atom. The lowest BCUT2D eigenvalue weighted by atomic mass is 10.0. The minimum Gasteiger partial charge on any atom is -0.490 e. The maximum Gasteiger partial charge on any atom is 0.255 e. The highest BCUT2D eigenvalue weighted by atomic mass is 16.5.